The van der Waals surface area contributed by atoms with Gasteiger partial charge in [0.1, 0.15) is 5.78 Å². The van der Waals surface area contributed by atoms with E-state index < -0.39 is 0 Å². The van der Waals surface area contributed by atoms with Crippen molar-refractivity contribution in [2.24, 2.45) is 0 Å². The van der Waals surface area contributed by atoms with Gasteiger partial charge in [0.25, 0.3) is 0 Å². The van der Waals surface area contributed by atoms with Crippen LogP contribution in [-0.4, -0.2) is 16.7 Å². The topological polar surface area (TPSA) is 59.1 Å². The molecule has 0 bridgehead atoms. The summed E-state index contributed by atoms with van der Waals surface area (Å²) in [5, 5.41) is 2.74. The Balaban J connectivity index is 2.19. The maximum Gasteiger partial charge on any atom is 0.227 e. The first-order valence-corrected chi connectivity index (χ1v) is 4.47. The fourth-order valence-electron chi connectivity index (χ4n) is 1.54. The van der Waals surface area contributed by atoms with Gasteiger partial charge >= 0.3 is 0 Å². The van der Waals surface area contributed by atoms with Crippen molar-refractivity contribution in [2.45, 2.75) is 18.9 Å². The summed E-state index contributed by atoms with van der Waals surface area (Å²) in [6, 6.07) is 5.21. The van der Waals surface area contributed by atoms with Crippen molar-refractivity contribution in [2.75, 3.05) is 0 Å². The Morgan fingerprint density at radius 3 is 2.86 bits per heavy atom. The van der Waals surface area contributed by atoms with Crippen LogP contribution in [-0.2, 0) is 9.59 Å². The van der Waals surface area contributed by atoms with E-state index in [0.29, 0.717) is 6.42 Å². The molecule has 1 N–H and O–H groups in total. The van der Waals surface area contributed by atoms with Gasteiger partial charge in [-0.25, -0.2) is 0 Å². The second kappa shape index (κ2) is 3.57. The Labute approximate surface area is 81.3 Å². The van der Waals surface area contributed by atoms with Gasteiger partial charge in [-0.05, 0) is 12.1 Å². The Bertz CT molecular complexity index is 346. The molecule has 1 aliphatic rings. The van der Waals surface area contributed by atoms with Crippen LogP contribution in [0.1, 0.15) is 24.6 Å². The second-order valence-electron chi connectivity index (χ2n) is 3.29. The first kappa shape index (κ1) is 8.87. The molecule has 1 saturated heterocycles. The van der Waals surface area contributed by atoms with Crippen LogP contribution in [0, 0.1) is 0 Å². The minimum absolute atomic E-state index is 0.00331. The van der Waals surface area contributed by atoms with Crippen molar-refractivity contribution in [3.8, 4) is 0 Å². The quantitative estimate of drug-likeness (QED) is 0.660. The van der Waals surface area contributed by atoms with E-state index in [2.05, 4.69) is 10.3 Å². The zero-order valence-corrected chi connectivity index (χ0v) is 7.56. The van der Waals surface area contributed by atoms with Crippen molar-refractivity contribution < 1.29 is 9.59 Å². The highest BCUT2D eigenvalue weighted by Crippen LogP contribution is 2.18. The van der Waals surface area contributed by atoms with Gasteiger partial charge in [0.05, 0.1) is 18.2 Å². The molecule has 1 aromatic heterocycles. The molecule has 72 valence electrons. The molecule has 1 fully saturated rings. The number of hydrogen-bond donors (Lipinski definition) is 1. The molecule has 1 atom stereocenters. The molecule has 0 radical (unpaired) electrons. The van der Waals surface area contributed by atoms with Crippen LogP contribution in [0.4, 0.5) is 0 Å². The zero-order valence-electron chi connectivity index (χ0n) is 7.56. The lowest BCUT2D eigenvalue weighted by molar-refractivity contribution is -0.132. The van der Waals surface area contributed by atoms with Gasteiger partial charge < -0.3 is 5.32 Å². The van der Waals surface area contributed by atoms with Crippen LogP contribution >= 0.6 is 0 Å². The highest BCUT2D eigenvalue weighted by Gasteiger charge is 2.25. The predicted octanol–water partition coefficient (Wildman–Crippen LogP) is 0.602. The average molecular weight is 190 g/mol. The molecule has 0 aromatic carbocycles. The molecule has 4 heteroatoms. The molecule has 0 aliphatic carbocycles. The van der Waals surface area contributed by atoms with Crippen molar-refractivity contribution in [3.63, 3.8) is 0 Å². The SMILES string of the molecule is O=C1CC(=O)N[C@@H](c2ccccn2)C1. The molecule has 1 aliphatic heterocycles. The lowest BCUT2D eigenvalue weighted by atomic mass is 10.00. The maximum absolute atomic E-state index is 11.2. The number of aromatic nitrogens is 1. The third kappa shape index (κ3) is 1.79. The normalized spacial score (nSPS) is 21.9. The number of nitrogens with zero attached hydrogens (tertiary/aromatic N) is 1. The summed E-state index contributed by atoms with van der Waals surface area (Å²) in [6.07, 6.45) is 2.01. The van der Waals surface area contributed by atoms with E-state index in [0.717, 1.165) is 5.69 Å². The number of amides is 1. The van der Waals surface area contributed by atoms with E-state index in [-0.39, 0.29) is 24.2 Å². The average Bonchev–Trinajstić information content (AvgIpc) is 2.18. The van der Waals surface area contributed by atoms with E-state index in [1.54, 1.807) is 12.3 Å². The molecule has 1 amide bonds. The standard InChI is InChI=1S/C10H10N2O2/c13-7-5-9(12-10(14)6-7)8-3-1-2-4-11-8/h1-4,9H,5-6H2,(H,12,14)/t9-/m1/s1. The molecule has 0 spiro atoms. The Morgan fingerprint density at radius 2 is 2.21 bits per heavy atom. The number of piperidine rings is 1. The number of carbonyl (C=O) groups is 2. The van der Waals surface area contributed by atoms with E-state index in [1.807, 2.05) is 12.1 Å². The predicted molar refractivity (Wildman–Crippen MR) is 49.4 cm³/mol. The third-order valence-electron chi connectivity index (χ3n) is 2.17. The van der Waals surface area contributed by atoms with Crippen molar-refractivity contribution in [3.05, 3.63) is 30.1 Å². The molecule has 1 aromatic rings. The molecule has 14 heavy (non-hydrogen) atoms. The van der Waals surface area contributed by atoms with E-state index in [1.165, 1.54) is 0 Å². The summed E-state index contributed by atoms with van der Waals surface area (Å²) in [4.78, 5) is 26.4. The minimum Gasteiger partial charge on any atom is -0.347 e. The monoisotopic (exact) mass is 190 g/mol. The van der Waals surface area contributed by atoms with Gasteiger partial charge in [-0.2, -0.15) is 0 Å². The summed E-state index contributed by atoms with van der Waals surface area (Å²) in [6.45, 7) is 0. The number of carbonyl (C=O) groups excluding carboxylic acids is 2. The van der Waals surface area contributed by atoms with Gasteiger partial charge in [-0.3, -0.25) is 14.6 Å². The summed E-state index contributed by atoms with van der Waals surface area (Å²) in [5.41, 5.74) is 0.744. The summed E-state index contributed by atoms with van der Waals surface area (Å²) < 4.78 is 0. The first-order valence-electron chi connectivity index (χ1n) is 4.47. The summed E-state index contributed by atoms with van der Waals surface area (Å²) >= 11 is 0. The van der Waals surface area contributed by atoms with Gasteiger partial charge in [-0.15, -0.1) is 0 Å². The number of rotatable bonds is 1. The number of nitrogens with one attached hydrogen (secondary N) is 1. The summed E-state index contributed by atoms with van der Waals surface area (Å²) in [5.74, 6) is -0.235. The van der Waals surface area contributed by atoms with Crippen LogP contribution < -0.4 is 5.32 Å². The Morgan fingerprint density at radius 1 is 1.36 bits per heavy atom. The summed E-state index contributed by atoms with van der Waals surface area (Å²) in [7, 11) is 0. The molecule has 2 heterocycles. The van der Waals surface area contributed by atoms with Crippen LogP contribution in [0.25, 0.3) is 0 Å². The number of ketones is 1. The van der Waals surface area contributed by atoms with Crippen LogP contribution in [0.2, 0.25) is 0 Å². The zero-order chi connectivity index (χ0) is 9.97. The highest BCUT2D eigenvalue weighted by molar-refractivity contribution is 6.00. The Kier molecular flexibility index (Phi) is 2.26. The van der Waals surface area contributed by atoms with Gasteiger partial charge in [-0.1, -0.05) is 6.07 Å². The lowest BCUT2D eigenvalue weighted by Crippen LogP contribution is -2.37. The van der Waals surface area contributed by atoms with E-state index >= 15 is 0 Å². The van der Waals surface area contributed by atoms with Gasteiger partial charge in [0.15, 0.2) is 0 Å². The highest BCUT2D eigenvalue weighted by atomic mass is 16.2. The molecule has 2 rings (SSSR count). The second-order valence-corrected chi connectivity index (χ2v) is 3.29. The Hall–Kier alpha value is -1.71. The van der Waals surface area contributed by atoms with E-state index in [4.69, 9.17) is 0 Å². The molecule has 0 saturated carbocycles. The fourth-order valence-corrected chi connectivity index (χ4v) is 1.54. The molecular weight excluding hydrogens is 180 g/mol. The van der Waals surface area contributed by atoms with Crippen LogP contribution in [0.3, 0.4) is 0 Å². The van der Waals surface area contributed by atoms with Crippen LogP contribution in [0.15, 0.2) is 24.4 Å². The number of Topliss-reactive ketones (excluding diaryl/α,β-unsaturated/α-hetero) is 1. The van der Waals surface area contributed by atoms with E-state index in [9.17, 15) is 9.59 Å². The smallest absolute Gasteiger partial charge is 0.227 e. The van der Waals surface area contributed by atoms with Crippen LogP contribution in [0.5, 0.6) is 0 Å². The maximum atomic E-state index is 11.2. The lowest BCUT2D eigenvalue weighted by Gasteiger charge is -2.21. The van der Waals surface area contributed by atoms with Gasteiger partial charge in [0.2, 0.25) is 5.91 Å². The fraction of sp³-hybridized carbons (Fsp3) is 0.300. The molecule has 0 unspecified atom stereocenters. The number of hydrogen-bond acceptors (Lipinski definition) is 3. The number of pyridine rings is 1. The third-order valence-corrected chi connectivity index (χ3v) is 2.17. The van der Waals surface area contributed by atoms with Gasteiger partial charge in [0, 0.05) is 12.6 Å². The molecule has 4 nitrogen and oxygen atoms in total. The van der Waals surface area contributed by atoms with Crippen molar-refractivity contribution in [1.82, 2.24) is 10.3 Å². The largest absolute Gasteiger partial charge is 0.347 e. The van der Waals surface area contributed by atoms with Crippen molar-refractivity contribution in [1.29, 1.82) is 0 Å². The van der Waals surface area contributed by atoms with Crippen molar-refractivity contribution >= 4 is 11.7 Å². The minimum atomic E-state index is -0.245. The first-order chi connectivity index (χ1) is 6.75. The molecular formula is C10H10N2O2.